The predicted molar refractivity (Wildman–Crippen MR) is 94.5 cm³/mol. The molecule has 0 amide bonds. The van der Waals surface area contributed by atoms with E-state index in [9.17, 15) is 18.0 Å². The normalized spacial score (nSPS) is 11.2. The van der Waals surface area contributed by atoms with Crippen molar-refractivity contribution < 1.29 is 13.2 Å². The maximum Gasteiger partial charge on any atom is 0.258 e. The third-order valence-electron chi connectivity index (χ3n) is 3.93. The van der Waals surface area contributed by atoms with Gasteiger partial charge in [0.05, 0.1) is 10.9 Å². The number of rotatable bonds is 2. The van der Waals surface area contributed by atoms with Gasteiger partial charge in [0.25, 0.3) is 5.56 Å². The first-order valence-corrected chi connectivity index (χ1v) is 7.84. The van der Waals surface area contributed by atoms with Gasteiger partial charge in [0.15, 0.2) is 11.6 Å². The molecular weight excluding hydrogens is 367 g/mol. The molecule has 4 nitrogen and oxygen atoms in total. The number of aromatic amines is 1. The summed E-state index contributed by atoms with van der Waals surface area (Å²) in [5, 5.41) is 3.29. The van der Waals surface area contributed by atoms with Crippen molar-refractivity contribution in [1.82, 2.24) is 9.97 Å². The fourth-order valence-electron chi connectivity index (χ4n) is 2.81. The highest BCUT2D eigenvalue weighted by atomic mass is 35.5. The summed E-state index contributed by atoms with van der Waals surface area (Å²) in [4.78, 5) is 18.9. The molecule has 0 atom stereocenters. The van der Waals surface area contributed by atoms with Crippen molar-refractivity contribution in [3.8, 4) is 0 Å². The monoisotopic (exact) mass is 375 g/mol. The topological polar surface area (TPSA) is 57.8 Å². The highest BCUT2D eigenvalue weighted by Crippen LogP contribution is 2.32. The molecule has 4 rings (SSSR count). The van der Waals surface area contributed by atoms with Crippen LogP contribution in [-0.2, 0) is 0 Å². The first kappa shape index (κ1) is 16.4. The maximum atomic E-state index is 14.1. The van der Waals surface area contributed by atoms with E-state index in [0.29, 0.717) is 5.39 Å². The minimum absolute atomic E-state index is 0.0817. The van der Waals surface area contributed by atoms with E-state index in [1.54, 1.807) is 0 Å². The lowest BCUT2D eigenvalue weighted by Gasteiger charge is -2.13. The van der Waals surface area contributed by atoms with Crippen LogP contribution in [0.4, 0.5) is 24.7 Å². The number of nitrogens with one attached hydrogen (secondary N) is 2. The molecule has 0 aliphatic carbocycles. The first-order chi connectivity index (χ1) is 12.4. The van der Waals surface area contributed by atoms with Gasteiger partial charge in [-0.05, 0) is 36.4 Å². The molecule has 0 saturated heterocycles. The number of hydrogen-bond acceptors (Lipinski definition) is 3. The van der Waals surface area contributed by atoms with Crippen LogP contribution in [0, 0.1) is 17.5 Å². The van der Waals surface area contributed by atoms with Gasteiger partial charge in [0.1, 0.15) is 17.3 Å². The van der Waals surface area contributed by atoms with E-state index >= 15 is 0 Å². The Balaban J connectivity index is 2.03. The molecule has 130 valence electrons. The lowest BCUT2D eigenvalue weighted by Crippen LogP contribution is -2.08. The van der Waals surface area contributed by atoms with Crippen molar-refractivity contribution in [2.75, 3.05) is 5.32 Å². The number of fused-ring (bicyclic) bond motifs is 3. The molecule has 0 saturated carbocycles. The Kier molecular flexibility index (Phi) is 3.81. The third kappa shape index (κ3) is 2.66. The highest BCUT2D eigenvalue weighted by Gasteiger charge is 2.16. The van der Waals surface area contributed by atoms with Crippen LogP contribution >= 0.6 is 11.6 Å². The van der Waals surface area contributed by atoms with Crippen LogP contribution in [0.1, 0.15) is 0 Å². The average molecular weight is 376 g/mol. The van der Waals surface area contributed by atoms with Crippen LogP contribution in [0.2, 0.25) is 5.02 Å². The molecule has 0 aliphatic rings. The number of nitrogens with zero attached hydrogens (tertiary/aromatic N) is 1. The summed E-state index contributed by atoms with van der Waals surface area (Å²) in [5.41, 5.74) is -0.637. The van der Waals surface area contributed by atoms with Gasteiger partial charge in [-0.25, -0.2) is 18.2 Å². The molecule has 2 heterocycles. The summed E-state index contributed by atoms with van der Waals surface area (Å²) < 4.78 is 42.0. The zero-order valence-corrected chi connectivity index (χ0v) is 13.7. The Morgan fingerprint density at radius 1 is 1.00 bits per heavy atom. The largest absolute Gasteiger partial charge is 0.335 e. The minimum Gasteiger partial charge on any atom is -0.335 e. The molecule has 0 bridgehead atoms. The van der Waals surface area contributed by atoms with Crippen LogP contribution in [0.3, 0.4) is 0 Å². The van der Waals surface area contributed by atoms with Crippen LogP contribution in [0.5, 0.6) is 0 Å². The number of aromatic nitrogens is 2. The molecule has 0 radical (unpaired) electrons. The zero-order chi connectivity index (χ0) is 18.4. The second-order valence-electron chi connectivity index (χ2n) is 5.59. The molecule has 4 aromatic rings. The van der Waals surface area contributed by atoms with Crippen molar-refractivity contribution in [3.05, 3.63) is 75.4 Å². The van der Waals surface area contributed by atoms with E-state index in [1.165, 1.54) is 30.5 Å². The Labute approximate surface area is 149 Å². The number of benzene rings is 2. The molecule has 0 unspecified atom stereocenters. The van der Waals surface area contributed by atoms with Gasteiger partial charge in [-0.2, -0.15) is 0 Å². The molecule has 8 heteroatoms. The number of H-pyrrole nitrogens is 1. The molecule has 0 fully saturated rings. The number of halogens is 4. The fraction of sp³-hybridized carbons (Fsp3) is 0. The summed E-state index contributed by atoms with van der Waals surface area (Å²) >= 11 is 5.63. The molecular formula is C18H9ClF3N3O. The van der Waals surface area contributed by atoms with Crippen molar-refractivity contribution in [1.29, 1.82) is 0 Å². The smallest absolute Gasteiger partial charge is 0.258 e. The van der Waals surface area contributed by atoms with E-state index < -0.39 is 28.7 Å². The van der Waals surface area contributed by atoms with Gasteiger partial charge in [-0.15, -0.1) is 0 Å². The van der Waals surface area contributed by atoms with E-state index in [0.717, 1.165) is 12.1 Å². The van der Waals surface area contributed by atoms with E-state index in [-0.39, 0.29) is 27.1 Å². The summed E-state index contributed by atoms with van der Waals surface area (Å²) in [6.07, 6.45) is 1.38. The quantitative estimate of drug-likeness (QED) is 0.490. The molecule has 26 heavy (non-hydrogen) atoms. The summed E-state index contributed by atoms with van der Waals surface area (Å²) in [6, 6.07) is 7.17. The predicted octanol–water partition coefficient (Wildman–Crippen LogP) is 4.89. The lowest BCUT2D eigenvalue weighted by molar-refractivity contribution is 0.591. The number of pyridine rings is 2. The average Bonchev–Trinajstić information content (AvgIpc) is 2.57. The second-order valence-corrected chi connectivity index (χ2v) is 6.02. The van der Waals surface area contributed by atoms with Gasteiger partial charge in [0.2, 0.25) is 0 Å². The van der Waals surface area contributed by atoms with Crippen LogP contribution in [-0.4, -0.2) is 9.97 Å². The lowest BCUT2D eigenvalue weighted by atomic mass is 10.1. The summed E-state index contributed by atoms with van der Waals surface area (Å²) in [5.74, 6) is -2.28. The highest BCUT2D eigenvalue weighted by molar-refractivity contribution is 6.30. The molecule has 2 N–H and O–H groups in total. The molecule has 0 spiro atoms. The Hall–Kier alpha value is -3.06. The van der Waals surface area contributed by atoms with Gasteiger partial charge < -0.3 is 10.3 Å². The van der Waals surface area contributed by atoms with E-state index in [1.807, 2.05) is 0 Å². The SMILES string of the molecule is O=c1[nH]ccc2nc(Nc3c(F)cc(Cl)cc3F)c3ccc(F)cc3c12. The van der Waals surface area contributed by atoms with Crippen molar-refractivity contribution in [2.45, 2.75) is 0 Å². The number of anilines is 2. The molecule has 0 aliphatic heterocycles. The Morgan fingerprint density at radius 3 is 2.46 bits per heavy atom. The van der Waals surface area contributed by atoms with E-state index in [4.69, 9.17) is 11.6 Å². The van der Waals surface area contributed by atoms with Gasteiger partial charge in [0, 0.05) is 22.0 Å². The zero-order valence-electron chi connectivity index (χ0n) is 12.9. The third-order valence-corrected chi connectivity index (χ3v) is 4.15. The molecule has 2 aromatic carbocycles. The number of hydrogen-bond donors (Lipinski definition) is 2. The van der Waals surface area contributed by atoms with Gasteiger partial charge >= 0.3 is 0 Å². The van der Waals surface area contributed by atoms with Crippen molar-refractivity contribution in [3.63, 3.8) is 0 Å². The first-order valence-electron chi connectivity index (χ1n) is 7.46. The fourth-order valence-corrected chi connectivity index (χ4v) is 3.00. The van der Waals surface area contributed by atoms with Crippen LogP contribution in [0.25, 0.3) is 21.7 Å². The van der Waals surface area contributed by atoms with Crippen molar-refractivity contribution >= 4 is 44.8 Å². The van der Waals surface area contributed by atoms with Gasteiger partial charge in [-0.1, -0.05) is 11.6 Å². The second kappa shape index (κ2) is 6.03. The Bertz CT molecular complexity index is 1220. The van der Waals surface area contributed by atoms with Crippen LogP contribution in [0.15, 0.2) is 47.4 Å². The molecule has 2 aromatic heterocycles. The maximum absolute atomic E-state index is 14.1. The Morgan fingerprint density at radius 2 is 1.73 bits per heavy atom. The van der Waals surface area contributed by atoms with Gasteiger partial charge in [-0.3, -0.25) is 4.79 Å². The summed E-state index contributed by atoms with van der Waals surface area (Å²) in [6.45, 7) is 0. The standard InChI is InChI=1S/C18H9ClF3N3O/c19-8-5-12(21)16(13(22)6-8)25-17-10-2-1-9(20)7-11(10)15-14(24-17)3-4-23-18(15)26/h1-7H,(H,23,26)(H,24,25). The van der Waals surface area contributed by atoms with Crippen molar-refractivity contribution in [2.24, 2.45) is 0 Å². The minimum atomic E-state index is -0.905. The van der Waals surface area contributed by atoms with Crippen LogP contribution < -0.4 is 10.9 Å². The summed E-state index contributed by atoms with van der Waals surface area (Å²) in [7, 11) is 0. The van der Waals surface area contributed by atoms with E-state index in [2.05, 4.69) is 15.3 Å².